The molecule has 0 radical (unpaired) electrons. The fourth-order valence-electron chi connectivity index (χ4n) is 5.59. The Hall–Kier alpha value is -1.91. The monoisotopic (exact) mass is 422 g/mol. The molecule has 2 aromatic rings. The fraction of sp³-hybridized carbons (Fsp3) is 0.520. The van der Waals surface area contributed by atoms with Crippen LogP contribution in [0.15, 0.2) is 36.4 Å². The van der Waals surface area contributed by atoms with Crippen molar-refractivity contribution in [3.8, 4) is 11.1 Å². The highest BCUT2D eigenvalue weighted by Gasteiger charge is 2.36. The second kappa shape index (κ2) is 8.32. The molecule has 0 nitrogen and oxygen atoms in total. The zero-order valence-electron chi connectivity index (χ0n) is 17.1. The molecule has 0 aromatic heterocycles. The highest BCUT2D eigenvalue weighted by atomic mass is 19.4. The molecule has 162 valence electrons. The molecule has 4 unspecified atom stereocenters. The van der Waals surface area contributed by atoms with Crippen LogP contribution in [0.25, 0.3) is 11.1 Å². The van der Waals surface area contributed by atoms with Gasteiger partial charge in [-0.2, -0.15) is 13.2 Å². The van der Waals surface area contributed by atoms with Crippen LogP contribution in [-0.2, 0) is 6.18 Å². The van der Waals surface area contributed by atoms with Crippen molar-refractivity contribution in [1.29, 1.82) is 0 Å². The van der Waals surface area contributed by atoms with Gasteiger partial charge in [-0.1, -0.05) is 31.9 Å². The molecule has 0 bridgehead atoms. The van der Waals surface area contributed by atoms with E-state index in [0.29, 0.717) is 11.5 Å². The van der Waals surface area contributed by atoms with Crippen LogP contribution in [0.2, 0.25) is 0 Å². The average Bonchev–Trinajstić information content (AvgIpc) is 2.72. The van der Waals surface area contributed by atoms with Crippen molar-refractivity contribution < 1.29 is 22.0 Å². The molecule has 0 heterocycles. The Morgan fingerprint density at radius 1 is 0.833 bits per heavy atom. The number of benzene rings is 2. The molecule has 0 spiro atoms. The number of halogens is 5. The minimum Gasteiger partial charge on any atom is -0.206 e. The van der Waals surface area contributed by atoms with Crippen LogP contribution in [0.4, 0.5) is 22.0 Å². The fourth-order valence-corrected chi connectivity index (χ4v) is 5.59. The molecule has 0 N–H and O–H groups in total. The molecule has 2 aliphatic carbocycles. The third-order valence-corrected chi connectivity index (χ3v) is 7.34. The van der Waals surface area contributed by atoms with Crippen LogP contribution in [0.5, 0.6) is 0 Å². The predicted molar refractivity (Wildman–Crippen MR) is 108 cm³/mol. The smallest absolute Gasteiger partial charge is 0.206 e. The quantitative estimate of drug-likeness (QED) is 0.436. The number of hydrogen-bond donors (Lipinski definition) is 0. The molecular formula is C25H27F5. The van der Waals surface area contributed by atoms with E-state index in [0.717, 1.165) is 55.4 Å². The predicted octanol–water partition coefficient (Wildman–Crippen LogP) is 8.36. The minimum absolute atomic E-state index is 0.117. The number of rotatable bonds is 3. The standard InChI is InChI=1S/C25H27F5/c1-2-15-3-4-18-12-19(6-5-17(18)11-15)20-13-22(26)24(23(27)14-20)16-7-9-21(10-8-16)25(28,29)30/h7-10,13-15,17-19H,2-6,11-12H2,1H3. The molecular weight excluding hydrogens is 395 g/mol. The summed E-state index contributed by atoms with van der Waals surface area (Å²) in [5.74, 6) is 0.923. The Labute approximate surface area is 174 Å². The average molecular weight is 422 g/mol. The van der Waals surface area contributed by atoms with Crippen molar-refractivity contribution in [2.75, 3.05) is 0 Å². The zero-order chi connectivity index (χ0) is 21.5. The molecule has 5 heteroatoms. The van der Waals surface area contributed by atoms with Gasteiger partial charge in [0.05, 0.1) is 11.1 Å². The summed E-state index contributed by atoms with van der Waals surface area (Å²) >= 11 is 0. The summed E-state index contributed by atoms with van der Waals surface area (Å²) in [5, 5.41) is 0. The first-order valence-corrected chi connectivity index (χ1v) is 10.9. The van der Waals surface area contributed by atoms with Gasteiger partial charge in [-0.3, -0.25) is 0 Å². The summed E-state index contributed by atoms with van der Waals surface area (Å²) in [5.41, 5.74) is -0.300. The summed E-state index contributed by atoms with van der Waals surface area (Å²) in [7, 11) is 0. The van der Waals surface area contributed by atoms with E-state index in [2.05, 4.69) is 6.92 Å². The second-order valence-electron chi connectivity index (χ2n) is 9.05. The summed E-state index contributed by atoms with van der Waals surface area (Å²) in [6.45, 7) is 2.25. The van der Waals surface area contributed by atoms with E-state index >= 15 is 0 Å². The zero-order valence-corrected chi connectivity index (χ0v) is 17.1. The molecule has 2 aliphatic rings. The summed E-state index contributed by atoms with van der Waals surface area (Å²) in [6.07, 6.45) is 3.51. The first kappa shape index (κ1) is 21.3. The van der Waals surface area contributed by atoms with Crippen LogP contribution < -0.4 is 0 Å². The minimum atomic E-state index is -4.48. The Morgan fingerprint density at radius 3 is 2.03 bits per heavy atom. The Bertz CT molecular complexity index is 860. The van der Waals surface area contributed by atoms with E-state index < -0.39 is 23.4 Å². The van der Waals surface area contributed by atoms with Gasteiger partial charge in [-0.25, -0.2) is 8.78 Å². The van der Waals surface area contributed by atoms with E-state index in [1.165, 1.54) is 37.8 Å². The third-order valence-electron chi connectivity index (χ3n) is 7.34. The molecule has 0 saturated heterocycles. The lowest BCUT2D eigenvalue weighted by atomic mass is 9.63. The molecule has 2 aromatic carbocycles. The Kier molecular flexibility index (Phi) is 5.91. The normalized spacial score (nSPS) is 27.0. The molecule has 0 amide bonds. The van der Waals surface area contributed by atoms with Crippen molar-refractivity contribution in [2.24, 2.45) is 17.8 Å². The number of hydrogen-bond acceptors (Lipinski definition) is 0. The SMILES string of the molecule is CCC1CCC2CC(c3cc(F)c(-c4ccc(C(F)(F)F)cc4)c(F)c3)CCC2C1. The third kappa shape index (κ3) is 4.26. The van der Waals surface area contributed by atoms with Crippen LogP contribution in [-0.4, -0.2) is 0 Å². The van der Waals surface area contributed by atoms with Crippen molar-refractivity contribution in [3.63, 3.8) is 0 Å². The molecule has 4 atom stereocenters. The summed E-state index contributed by atoms with van der Waals surface area (Å²) < 4.78 is 68.0. The van der Waals surface area contributed by atoms with Gasteiger partial charge in [0.25, 0.3) is 0 Å². The van der Waals surface area contributed by atoms with E-state index in [1.807, 2.05) is 0 Å². The van der Waals surface area contributed by atoms with Crippen LogP contribution in [0.3, 0.4) is 0 Å². The van der Waals surface area contributed by atoms with Gasteiger partial charge in [-0.15, -0.1) is 0 Å². The van der Waals surface area contributed by atoms with E-state index in [4.69, 9.17) is 0 Å². The largest absolute Gasteiger partial charge is 0.416 e. The molecule has 2 fully saturated rings. The van der Waals surface area contributed by atoms with E-state index in [1.54, 1.807) is 0 Å². The van der Waals surface area contributed by atoms with Gasteiger partial charge in [0.1, 0.15) is 11.6 Å². The van der Waals surface area contributed by atoms with Crippen LogP contribution in [0.1, 0.15) is 68.9 Å². The maximum atomic E-state index is 14.9. The lowest BCUT2D eigenvalue weighted by Gasteiger charge is -2.42. The van der Waals surface area contributed by atoms with Crippen LogP contribution in [0, 0.1) is 29.4 Å². The highest BCUT2D eigenvalue weighted by Crippen LogP contribution is 2.48. The van der Waals surface area contributed by atoms with Gasteiger partial charge in [0.2, 0.25) is 0 Å². The molecule has 2 saturated carbocycles. The van der Waals surface area contributed by atoms with E-state index in [-0.39, 0.29) is 17.0 Å². The Morgan fingerprint density at radius 2 is 1.43 bits per heavy atom. The van der Waals surface area contributed by atoms with Gasteiger partial charge in [0.15, 0.2) is 0 Å². The maximum absolute atomic E-state index is 14.9. The van der Waals surface area contributed by atoms with Crippen molar-refractivity contribution in [1.82, 2.24) is 0 Å². The summed E-state index contributed by atoms with van der Waals surface area (Å²) in [6, 6.07) is 6.74. The number of alkyl halides is 3. The first-order chi connectivity index (χ1) is 14.3. The first-order valence-electron chi connectivity index (χ1n) is 10.9. The van der Waals surface area contributed by atoms with Crippen LogP contribution >= 0.6 is 0 Å². The topological polar surface area (TPSA) is 0 Å². The molecule has 30 heavy (non-hydrogen) atoms. The highest BCUT2D eigenvalue weighted by molar-refractivity contribution is 5.66. The van der Waals surface area contributed by atoms with Gasteiger partial charge in [0, 0.05) is 0 Å². The van der Waals surface area contributed by atoms with Gasteiger partial charge >= 0.3 is 6.18 Å². The number of fused-ring (bicyclic) bond motifs is 1. The van der Waals surface area contributed by atoms with Crippen molar-refractivity contribution in [2.45, 2.75) is 64.0 Å². The Balaban J connectivity index is 1.53. The van der Waals surface area contributed by atoms with E-state index in [9.17, 15) is 22.0 Å². The van der Waals surface area contributed by atoms with Crippen molar-refractivity contribution in [3.05, 3.63) is 59.2 Å². The van der Waals surface area contributed by atoms with Gasteiger partial charge < -0.3 is 0 Å². The molecule has 4 rings (SSSR count). The lowest BCUT2D eigenvalue weighted by Crippen LogP contribution is -2.30. The second-order valence-corrected chi connectivity index (χ2v) is 9.05. The van der Waals surface area contributed by atoms with Gasteiger partial charge in [-0.05, 0) is 91.2 Å². The maximum Gasteiger partial charge on any atom is 0.416 e. The van der Waals surface area contributed by atoms with Crippen molar-refractivity contribution >= 4 is 0 Å². The lowest BCUT2D eigenvalue weighted by molar-refractivity contribution is -0.137. The summed E-state index contributed by atoms with van der Waals surface area (Å²) in [4.78, 5) is 0. The molecule has 0 aliphatic heterocycles.